The second-order valence-corrected chi connectivity index (χ2v) is 14.5. The molecular formula is C42H74N2O6. The molecule has 2 unspecified atom stereocenters. The molecule has 288 valence electrons. The molecule has 0 aromatic rings. The minimum absolute atomic E-state index is 0.0917. The number of ether oxygens (including phenoxy) is 3. The van der Waals surface area contributed by atoms with E-state index < -0.39 is 0 Å². The second-order valence-electron chi connectivity index (χ2n) is 14.5. The lowest BCUT2D eigenvalue weighted by atomic mass is 10.0. The van der Waals surface area contributed by atoms with E-state index >= 15 is 0 Å². The third-order valence-corrected chi connectivity index (χ3v) is 8.73. The Morgan fingerprint density at radius 3 is 1.60 bits per heavy atom. The summed E-state index contributed by atoms with van der Waals surface area (Å²) in [7, 11) is 0. The molecule has 0 aromatic heterocycles. The summed E-state index contributed by atoms with van der Waals surface area (Å²) in [4.78, 5) is 43.0. The summed E-state index contributed by atoms with van der Waals surface area (Å²) in [5.41, 5.74) is 2.62. The predicted molar refractivity (Wildman–Crippen MR) is 208 cm³/mol. The average molecular weight is 703 g/mol. The van der Waals surface area contributed by atoms with Crippen LogP contribution >= 0.6 is 0 Å². The number of rotatable bonds is 32. The predicted octanol–water partition coefficient (Wildman–Crippen LogP) is 10.7. The molecule has 8 heteroatoms. The Kier molecular flexibility index (Phi) is 30.2. The highest BCUT2D eigenvalue weighted by Gasteiger charge is 2.15. The van der Waals surface area contributed by atoms with E-state index in [1.54, 1.807) is 6.20 Å². The van der Waals surface area contributed by atoms with Gasteiger partial charge in [-0.25, -0.2) is 0 Å². The Morgan fingerprint density at radius 2 is 1.16 bits per heavy atom. The van der Waals surface area contributed by atoms with E-state index in [1.165, 1.54) is 11.1 Å². The zero-order valence-corrected chi connectivity index (χ0v) is 33.1. The molecule has 0 bridgehead atoms. The zero-order valence-electron chi connectivity index (χ0n) is 33.1. The van der Waals surface area contributed by atoms with E-state index in [-0.39, 0.29) is 24.0 Å². The Hall–Kier alpha value is -2.90. The second kappa shape index (κ2) is 32.0. The molecule has 0 saturated heterocycles. The van der Waals surface area contributed by atoms with Crippen LogP contribution in [0.3, 0.4) is 0 Å². The number of nitrogens with zero attached hydrogens (tertiary/aromatic N) is 2. The van der Waals surface area contributed by atoms with Gasteiger partial charge in [-0.1, -0.05) is 62.8 Å². The molecule has 2 atom stereocenters. The summed E-state index contributed by atoms with van der Waals surface area (Å²) in [5, 5.41) is 0. The van der Waals surface area contributed by atoms with Crippen molar-refractivity contribution in [2.24, 2.45) is 16.8 Å². The average Bonchev–Trinajstić information content (AvgIpc) is 3.04. The van der Waals surface area contributed by atoms with Gasteiger partial charge < -0.3 is 19.1 Å². The summed E-state index contributed by atoms with van der Waals surface area (Å²) in [6.07, 6.45) is 23.3. The van der Waals surface area contributed by atoms with Gasteiger partial charge in [-0.3, -0.25) is 19.4 Å². The Labute approximate surface area is 306 Å². The van der Waals surface area contributed by atoms with E-state index in [4.69, 9.17) is 14.2 Å². The molecule has 8 nitrogen and oxygen atoms in total. The van der Waals surface area contributed by atoms with Crippen molar-refractivity contribution in [3.8, 4) is 0 Å². The lowest BCUT2D eigenvalue weighted by Crippen LogP contribution is -2.21. The first-order valence-electron chi connectivity index (χ1n) is 19.6. The van der Waals surface area contributed by atoms with Crippen LogP contribution in [-0.4, -0.2) is 61.9 Å². The molecular weight excluding hydrogens is 628 g/mol. The highest BCUT2D eigenvalue weighted by atomic mass is 16.5. The molecule has 0 aliphatic carbocycles. The number of unbranched alkanes of at least 4 members (excludes halogenated alkanes) is 6. The summed E-state index contributed by atoms with van der Waals surface area (Å²) in [6.45, 7) is 20.7. The van der Waals surface area contributed by atoms with Gasteiger partial charge >= 0.3 is 17.9 Å². The first-order chi connectivity index (χ1) is 24.0. The van der Waals surface area contributed by atoms with Gasteiger partial charge in [0.1, 0.15) is 6.10 Å². The van der Waals surface area contributed by atoms with Crippen LogP contribution in [0.2, 0.25) is 0 Å². The van der Waals surface area contributed by atoms with Crippen molar-refractivity contribution in [2.75, 3.05) is 26.3 Å². The number of allylic oxidation sites excluding steroid dienone is 4. The monoisotopic (exact) mass is 703 g/mol. The van der Waals surface area contributed by atoms with Crippen molar-refractivity contribution < 1.29 is 28.6 Å². The molecule has 0 aromatic carbocycles. The van der Waals surface area contributed by atoms with E-state index in [1.807, 2.05) is 6.20 Å². The number of carbonyl (C=O) groups is 3. The normalized spacial score (nSPS) is 12.9. The van der Waals surface area contributed by atoms with Crippen molar-refractivity contribution in [3.05, 3.63) is 35.7 Å². The summed E-state index contributed by atoms with van der Waals surface area (Å²) >= 11 is 0. The van der Waals surface area contributed by atoms with Crippen LogP contribution < -0.4 is 0 Å². The van der Waals surface area contributed by atoms with E-state index in [2.05, 4.69) is 77.2 Å². The molecule has 0 fully saturated rings. The largest absolute Gasteiger partial charge is 0.466 e. The fourth-order valence-corrected chi connectivity index (χ4v) is 5.64. The van der Waals surface area contributed by atoms with Gasteiger partial charge in [0.05, 0.1) is 13.2 Å². The topological polar surface area (TPSA) is 94.5 Å². The third kappa shape index (κ3) is 31.1. The number of aliphatic imine (C=N–C) groups is 1. The molecule has 0 aliphatic rings. The van der Waals surface area contributed by atoms with Crippen molar-refractivity contribution in [3.63, 3.8) is 0 Å². The molecule has 0 saturated carbocycles. The van der Waals surface area contributed by atoms with Crippen LogP contribution in [0.25, 0.3) is 0 Å². The van der Waals surface area contributed by atoms with Gasteiger partial charge in [-0.15, -0.1) is 0 Å². The van der Waals surface area contributed by atoms with Gasteiger partial charge in [-0.2, -0.15) is 0 Å². The Balaban J connectivity index is 4.49. The smallest absolute Gasteiger partial charge is 0.306 e. The highest BCUT2D eigenvalue weighted by Crippen LogP contribution is 2.18. The number of esters is 3. The van der Waals surface area contributed by atoms with Crippen LogP contribution in [0.4, 0.5) is 0 Å². The lowest BCUT2D eigenvalue weighted by Gasteiger charge is -2.20. The maximum absolute atomic E-state index is 12.8. The molecule has 0 rings (SSSR count). The van der Waals surface area contributed by atoms with Crippen molar-refractivity contribution in [1.29, 1.82) is 0 Å². The Bertz CT molecular complexity index is 940. The Morgan fingerprint density at radius 1 is 0.680 bits per heavy atom. The maximum Gasteiger partial charge on any atom is 0.306 e. The molecule has 0 N–H and O–H groups in total. The van der Waals surface area contributed by atoms with Crippen LogP contribution in [0.15, 0.2) is 40.7 Å². The molecule has 0 amide bonds. The maximum atomic E-state index is 12.8. The van der Waals surface area contributed by atoms with Crippen molar-refractivity contribution in [1.82, 2.24) is 4.90 Å². The molecule has 0 spiro atoms. The van der Waals surface area contributed by atoms with E-state index in [9.17, 15) is 14.4 Å². The fraction of sp³-hybridized carbons (Fsp3) is 0.762. The minimum atomic E-state index is -0.138. The summed E-state index contributed by atoms with van der Waals surface area (Å²) in [5.74, 6) is 0.315. The van der Waals surface area contributed by atoms with Gasteiger partial charge in [0, 0.05) is 44.8 Å². The van der Waals surface area contributed by atoms with E-state index in [0.29, 0.717) is 44.3 Å². The third-order valence-electron chi connectivity index (χ3n) is 8.73. The lowest BCUT2D eigenvalue weighted by molar-refractivity contribution is -0.150. The van der Waals surface area contributed by atoms with Gasteiger partial charge in [0.25, 0.3) is 0 Å². The van der Waals surface area contributed by atoms with Crippen molar-refractivity contribution in [2.45, 2.75) is 170 Å². The first-order valence-corrected chi connectivity index (χ1v) is 19.6. The molecule has 0 radical (unpaired) electrons. The van der Waals surface area contributed by atoms with Crippen LogP contribution in [0.5, 0.6) is 0 Å². The summed E-state index contributed by atoms with van der Waals surface area (Å²) in [6, 6.07) is 0. The minimum Gasteiger partial charge on any atom is -0.466 e. The number of hydrogen-bond acceptors (Lipinski definition) is 8. The standard InChI is InChI=1S/C42H74N2O6/c1-9-44(30-28-43-8)29-20-27-40(45)50-39(25-14-10-12-16-31-48-41(46)33-37(6)23-18-21-35(2)3)26-15-11-13-17-32-49-42(47)34-38(7)24-19-22-36(4)5/h21-22,28,30,37-39H,8-20,23-27,29,31-34H2,1-7H3/b30-28-. The first kappa shape index (κ1) is 47.1. The number of hydrogen-bond donors (Lipinski definition) is 0. The van der Waals surface area contributed by atoms with Crippen molar-refractivity contribution >= 4 is 24.6 Å². The highest BCUT2D eigenvalue weighted by molar-refractivity contribution is 5.70. The van der Waals surface area contributed by atoms with Gasteiger partial charge in [-0.05, 0) is 124 Å². The van der Waals surface area contributed by atoms with E-state index in [0.717, 1.165) is 109 Å². The molecule has 0 heterocycles. The van der Waals surface area contributed by atoms with Gasteiger partial charge in [0.2, 0.25) is 0 Å². The summed E-state index contributed by atoms with van der Waals surface area (Å²) < 4.78 is 16.9. The van der Waals surface area contributed by atoms with Crippen LogP contribution in [0, 0.1) is 11.8 Å². The quantitative estimate of drug-likeness (QED) is 0.0226. The fourth-order valence-electron chi connectivity index (χ4n) is 5.64. The zero-order chi connectivity index (χ0) is 37.4. The SMILES string of the molecule is C=N/C=C\N(CC)CCCC(=O)OC(CCCCCCOC(=O)CC(C)CCC=C(C)C)CCCCCCOC(=O)CC(C)CCC=C(C)C. The molecule has 0 aliphatic heterocycles. The van der Waals surface area contributed by atoms with Gasteiger partial charge in [0.15, 0.2) is 0 Å². The van der Waals surface area contributed by atoms with Crippen LogP contribution in [0.1, 0.15) is 164 Å². The number of carbonyl (C=O) groups excluding carboxylic acids is 3. The molecule has 50 heavy (non-hydrogen) atoms. The van der Waals surface area contributed by atoms with Crippen LogP contribution in [-0.2, 0) is 28.6 Å².